The lowest BCUT2D eigenvalue weighted by Crippen LogP contribution is -2.54. The van der Waals surface area contributed by atoms with E-state index < -0.39 is 48.3 Å². The van der Waals surface area contributed by atoms with E-state index in [1.807, 2.05) is 0 Å². The van der Waals surface area contributed by atoms with Crippen molar-refractivity contribution in [1.29, 1.82) is 0 Å². The summed E-state index contributed by atoms with van der Waals surface area (Å²) in [6.07, 6.45) is -2.01. The summed E-state index contributed by atoms with van der Waals surface area (Å²) in [6.45, 7) is 0. The van der Waals surface area contributed by atoms with Crippen molar-refractivity contribution in [3.05, 3.63) is 35.5 Å². The highest BCUT2D eigenvalue weighted by atomic mass is 17.0. The van der Waals surface area contributed by atoms with Crippen LogP contribution in [0, 0.1) is 0 Å². The zero-order chi connectivity index (χ0) is 19.0. The Morgan fingerprint density at radius 3 is 2.41 bits per heavy atom. The fraction of sp³-hybridized carbons (Fsp3) is 0.353. The fourth-order valence-electron chi connectivity index (χ4n) is 3.69. The van der Waals surface area contributed by atoms with Gasteiger partial charge in [-0.3, -0.25) is 9.59 Å². The van der Waals surface area contributed by atoms with Crippen LogP contribution in [0.25, 0.3) is 10.9 Å². The maximum absolute atomic E-state index is 12.4. The Morgan fingerprint density at radius 2 is 1.63 bits per heavy atom. The summed E-state index contributed by atoms with van der Waals surface area (Å²) in [6, 6.07) is 6.94. The summed E-state index contributed by atoms with van der Waals surface area (Å²) in [7, 11) is 0. The molecule has 0 amide bonds. The minimum atomic E-state index is -2.72. The van der Waals surface area contributed by atoms with E-state index in [1.165, 1.54) is 0 Å². The van der Waals surface area contributed by atoms with Crippen LogP contribution in [-0.2, 0) is 45.7 Å². The molecule has 3 aliphatic rings. The maximum Gasteiger partial charge on any atom is 0.385 e. The van der Waals surface area contributed by atoms with Crippen molar-refractivity contribution >= 4 is 28.8 Å². The number of aromatic nitrogens is 1. The second kappa shape index (κ2) is 4.85. The van der Waals surface area contributed by atoms with E-state index in [9.17, 15) is 24.6 Å². The second-order valence-corrected chi connectivity index (χ2v) is 6.79. The molecule has 3 N–H and O–H groups in total. The molecular formula is C17H13NO9. The number of aliphatic hydroxyl groups is 2. The zero-order valence-corrected chi connectivity index (χ0v) is 13.7. The summed E-state index contributed by atoms with van der Waals surface area (Å²) in [5.74, 6) is -8.57. The lowest BCUT2D eigenvalue weighted by atomic mass is 9.96. The minimum Gasteiger partial charge on any atom is -0.402 e. The van der Waals surface area contributed by atoms with Crippen LogP contribution >= 0.6 is 0 Å². The highest BCUT2D eigenvalue weighted by molar-refractivity contribution is 5.92. The molecule has 10 nitrogen and oxygen atoms in total. The van der Waals surface area contributed by atoms with Gasteiger partial charge in [-0.2, -0.15) is 0 Å². The van der Waals surface area contributed by atoms with E-state index >= 15 is 0 Å². The first-order valence-corrected chi connectivity index (χ1v) is 8.14. The van der Waals surface area contributed by atoms with Crippen LogP contribution in [0.15, 0.2) is 24.3 Å². The van der Waals surface area contributed by atoms with Gasteiger partial charge >= 0.3 is 29.9 Å². The van der Waals surface area contributed by atoms with Crippen LogP contribution in [0.2, 0.25) is 0 Å². The largest absolute Gasteiger partial charge is 0.402 e. The van der Waals surface area contributed by atoms with Crippen LogP contribution in [0.4, 0.5) is 0 Å². The van der Waals surface area contributed by atoms with Crippen molar-refractivity contribution in [2.75, 3.05) is 0 Å². The monoisotopic (exact) mass is 375 g/mol. The number of hydrogen-bond acceptors (Lipinski definition) is 9. The number of benzene rings is 1. The number of rotatable bonds is 0. The van der Waals surface area contributed by atoms with Gasteiger partial charge in [-0.15, -0.1) is 0 Å². The molecule has 2 saturated heterocycles. The van der Waals surface area contributed by atoms with Crippen molar-refractivity contribution in [3.8, 4) is 0 Å². The number of carbonyl (C=O) groups is 3. The molecule has 5 rings (SSSR count). The molecule has 2 fully saturated rings. The first kappa shape index (κ1) is 16.2. The lowest BCUT2D eigenvalue weighted by Gasteiger charge is -2.40. The standard InChI is InChI=1S/C17H13NO9/c19-11-6-15(22)7-12(20)25-17(23)13-9(8-3-1-2-4-10(8)18-13)5-16(24-11,27-17)26-14(15)21/h1-4,18,22-23H,5-7H2. The smallest absolute Gasteiger partial charge is 0.385 e. The Kier molecular flexibility index (Phi) is 2.92. The predicted molar refractivity (Wildman–Crippen MR) is 82.2 cm³/mol. The van der Waals surface area contributed by atoms with Gasteiger partial charge in [0.25, 0.3) is 0 Å². The Balaban J connectivity index is 1.78. The van der Waals surface area contributed by atoms with Gasteiger partial charge in [-0.1, -0.05) is 18.2 Å². The van der Waals surface area contributed by atoms with Crippen molar-refractivity contribution in [1.82, 2.24) is 4.98 Å². The number of hydrogen-bond donors (Lipinski definition) is 3. The highest BCUT2D eigenvalue weighted by Gasteiger charge is 2.63. The highest BCUT2D eigenvalue weighted by Crippen LogP contribution is 2.46. The van der Waals surface area contributed by atoms with E-state index in [-0.39, 0.29) is 12.1 Å². The lowest BCUT2D eigenvalue weighted by molar-refractivity contribution is -0.480. The van der Waals surface area contributed by atoms with E-state index in [0.29, 0.717) is 16.5 Å². The molecule has 3 unspecified atom stereocenters. The van der Waals surface area contributed by atoms with Crippen LogP contribution in [0.5, 0.6) is 0 Å². The summed E-state index contributed by atoms with van der Waals surface area (Å²) >= 11 is 0. The van der Waals surface area contributed by atoms with Crippen molar-refractivity contribution < 1.29 is 43.5 Å². The van der Waals surface area contributed by atoms with E-state index in [2.05, 4.69) is 4.98 Å². The van der Waals surface area contributed by atoms with Gasteiger partial charge in [0.2, 0.25) is 0 Å². The third-order valence-electron chi connectivity index (χ3n) is 4.84. The van der Waals surface area contributed by atoms with Crippen LogP contribution in [-0.4, -0.2) is 44.7 Å². The normalized spacial score (nSPS) is 35.3. The Bertz CT molecular complexity index is 1030. The molecular weight excluding hydrogens is 362 g/mol. The van der Waals surface area contributed by atoms with Gasteiger partial charge in [0.05, 0.1) is 19.3 Å². The average molecular weight is 375 g/mol. The molecule has 0 radical (unpaired) electrons. The van der Waals surface area contributed by atoms with E-state index in [0.717, 1.165) is 0 Å². The first-order chi connectivity index (χ1) is 12.7. The van der Waals surface area contributed by atoms with Gasteiger partial charge in [0.1, 0.15) is 5.69 Å². The van der Waals surface area contributed by atoms with E-state index in [1.54, 1.807) is 24.3 Å². The molecule has 27 heavy (non-hydrogen) atoms. The zero-order valence-electron chi connectivity index (χ0n) is 13.7. The molecule has 4 heterocycles. The number of aromatic amines is 1. The number of para-hydroxylation sites is 1. The van der Waals surface area contributed by atoms with Crippen LogP contribution in [0.3, 0.4) is 0 Å². The molecule has 0 aliphatic carbocycles. The Hall–Kier alpha value is -2.95. The molecule has 3 bridgehead atoms. The Labute approximate surface area is 150 Å². The number of ether oxygens (including phenoxy) is 4. The van der Waals surface area contributed by atoms with Crippen LogP contribution in [0.1, 0.15) is 24.1 Å². The second-order valence-electron chi connectivity index (χ2n) is 6.79. The third kappa shape index (κ3) is 2.21. The molecule has 1 spiro atoms. The number of esters is 3. The number of fused-ring (bicyclic) bond motifs is 7. The van der Waals surface area contributed by atoms with Crippen molar-refractivity contribution in [2.45, 2.75) is 36.8 Å². The van der Waals surface area contributed by atoms with Crippen LogP contribution < -0.4 is 0 Å². The fourth-order valence-corrected chi connectivity index (χ4v) is 3.69. The molecule has 2 aromatic rings. The topological polar surface area (TPSA) is 144 Å². The number of H-pyrrole nitrogens is 1. The van der Waals surface area contributed by atoms with E-state index in [4.69, 9.17) is 18.9 Å². The number of nitrogens with one attached hydrogen (secondary N) is 1. The quantitative estimate of drug-likeness (QED) is 0.527. The first-order valence-electron chi connectivity index (χ1n) is 8.14. The average Bonchev–Trinajstić information content (AvgIpc) is 2.89. The number of carbonyl (C=O) groups excluding carboxylic acids is 3. The summed E-state index contributed by atoms with van der Waals surface area (Å²) in [5, 5.41) is 22.0. The van der Waals surface area contributed by atoms with Crippen molar-refractivity contribution in [2.24, 2.45) is 0 Å². The SMILES string of the molecule is O=C1CC2(O)CC(=O)OC3(O)OC(Cc4c3[nH]c3ccccc43)(O1)OC2=O. The molecule has 3 aliphatic heterocycles. The molecule has 1 aromatic carbocycles. The molecule has 10 heteroatoms. The summed E-state index contributed by atoms with van der Waals surface area (Å²) in [4.78, 5) is 39.8. The third-order valence-corrected chi connectivity index (χ3v) is 4.84. The van der Waals surface area contributed by atoms with Gasteiger partial charge in [0, 0.05) is 16.5 Å². The molecule has 3 atom stereocenters. The summed E-state index contributed by atoms with van der Waals surface area (Å²) < 4.78 is 20.7. The van der Waals surface area contributed by atoms with Gasteiger partial charge in [0.15, 0.2) is 5.60 Å². The predicted octanol–water partition coefficient (Wildman–Crippen LogP) is -0.335. The Morgan fingerprint density at radius 1 is 0.926 bits per heavy atom. The molecule has 1 aromatic heterocycles. The summed E-state index contributed by atoms with van der Waals surface area (Å²) in [5.41, 5.74) is -1.51. The maximum atomic E-state index is 12.4. The molecule has 0 saturated carbocycles. The van der Waals surface area contributed by atoms with Crippen molar-refractivity contribution in [3.63, 3.8) is 0 Å². The van der Waals surface area contributed by atoms with Gasteiger partial charge in [-0.25, -0.2) is 9.53 Å². The van der Waals surface area contributed by atoms with Gasteiger partial charge < -0.3 is 29.4 Å². The minimum absolute atomic E-state index is 0.00536. The molecule has 140 valence electrons. The van der Waals surface area contributed by atoms with Gasteiger partial charge in [-0.05, 0) is 6.07 Å².